The van der Waals surface area contributed by atoms with Crippen LogP contribution in [0.25, 0.3) is 0 Å². The number of nitrogens with two attached hydrogens (primary N) is 1. The van der Waals surface area contributed by atoms with E-state index in [0.717, 1.165) is 26.1 Å². The van der Waals surface area contributed by atoms with Crippen molar-refractivity contribution in [3.8, 4) is 0 Å². The van der Waals surface area contributed by atoms with Crippen LogP contribution in [0, 0.1) is 5.92 Å². The lowest BCUT2D eigenvalue weighted by Crippen LogP contribution is -2.43. The Kier molecular flexibility index (Phi) is 4.04. The van der Waals surface area contributed by atoms with Crippen LogP contribution in [-0.2, 0) is 6.54 Å². The van der Waals surface area contributed by atoms with Crippen LogP contribution in [0.5, 0.6) is 0 Å². The second-order valence-electron chi connectivity index (χ2n) is 5.13. The molecule has 5 nitrogen and oxygen atoms in total. The van der Waals surface area contributed by atoms with Crippen molar-refractivity contribution in [2.75, 3.05) is 25.4 Å². The number of nitrogens with zero attached hydrogens (tertiary/aromatic N) is 2. The minimum absolute atomic E-state index is 0.0192. The fourth-order valence-electron chi connectivity index (χ4n) is 2.40. The molecular weight excluding hydrogens is 230 g/mol. The molecule has 1 aliphatic heterocycles. The van der Waals surface area contributed by atoms with Crippen LogP contribution in [0.1, 0.15) is 13.3 Å². The van der Waals surface area contributed by atoms with Gasteiger partial charge in [0.15, 0.2) is 0 Å². The molecule has 0 saturated carbocycles. The Morgan fingerprint density at radius 2 is 2.22 bits per heavy atom. The molecule has 0 radical (unpaired) electrons. The summed E-state index contributed by atoms with van der Waals surface area (Å²) in [7, 11) is 0. The molecule has 0 aliphatic carbocycles. The third-order valence-electron chi connectivity index (χ3n) is 3.61. The molecule has 1 aromatic heterocycles. The monoisotopic (exact) mass is 251 g/mol. The minimum Gasteiger partial charge on any atom is -0.398 e. The van der Waals surface area contributed by atoms with E-state index in [2.05, 4.69) is 11.8 Å². The van der Waals surface area contributed by atoms with E-state index < -0.39 is 0 Å². The zero-order valence-electron chi connectivity index (χ0n) is 10.7. The molecular formula is C13H21N3O2. The molecule has 2 unspecified atom stereocenters. The number of aromatic nitrogens is 1. The molecule has 5 heteroatoms. The first-order valence-electron chi connectivity index (χ1n) is 6.42. The van der Waals surface area contributed by atoms with Gasteiger partial charge in [0.05, 0.1) is 6.10 Å². The fraction of sp³-hybridized carbons (Fsp3) is 0.615. The Balaban J connectivity index is 1.92. The average molecular weight is 251 g/mol. The third kappa shape index (κ3) is 3.11. The number of hydrogen-bond donors (Lipinski definition) is 2. The summed E-state index contributed by atoms with van der Waals surface area (Å²) in [5, 5.41) is 9.66. The van der Waals surface area contributed by atoms with Gasteiger partial charge in [-0.1, -0.05) is 6.92 Å². The number of hydrogen-bond acceptors (Lipinski definition) is 4. The number of rotatable bonds is 3. The summed E-state index contributed by atoms with van der Waals surface area (Å²) < 4.78 is 1.64. The summed E-state index contributed by atoms with van der Waals surface area (Å²) >= 11 is 0. The summed E-state index contributed by atoms with van der Waals surface area (Å²) in [6.07, 6.45) is 2.31. The predicted molar refractivity (Wildman–Crippen MR) is 71.3 cm³/mol. The molecule has 1 aromatic rings. The largest absolute Gasteiger partial charge is 0.398 e. The van der Waals surface area contributed by atoms with Crippen molar-refractivity contribution >= 4 is 5.69 Å². The Bertz CT molecular complexity index is 458. The van der Waals surface area contributed by atoms with Gasteiger partial charge >= 0.3 is 0 Å². The first-order chi connectivity index (χ1) is 8.56. The highest BCUT2D eigenvalue weighted by atomic mass is 16.3. The summed E-state index contributed by atoms with van der Waals surface area (Å²) in [5.41, 5.74) is 6.26. The van der Waals surface area contributed by atoms with E-state index in [9.17, 15) is 9.90 Å². The molecule has 2 rings (SSSR count). The van der Waals surface area contributed by atoms with Gasteiger partial charge in [-0.25, -0.2) is 0 Å². The van der Waals surface area contributed by atoms with Crippen LogP contribution in [0.2, 0.25) is 0 Å². The molecule has 0 spiro atoms. The Labute approximate surface area is 107 Å². The number of aliphatic hydroxyl groups excluding tert-OH is 1. The highest BCUT2D eigenvalue weighted by molar-refractivity contribution is 5.33. The van der Waals surface area contributed by atoms with Crippen LogP contribution in [-0.4, -0.2) is 40.3 Å². The van der Waals surface area contributed by atoms with Crippen molar-refractivity contribution in [2.24, 2.45) is 5.92 Å². The topological polar surface area (TPSA) is 71.5 Å². The minimum atomic E-state index is -0.184. The zero-order chi connectivity index (χ0) is 13.1. The number of likely N-dealkylation sites (tertiary alicyclic amines) is 1. The van der Waals surface area contributed by atoms with E-state index in [1.54, 1.807) is 16.8 Å². The van der Waals surface area contributed by atoms with Crippen LogP contribution < -0.4 is 11.3 Å². The van der Waals surface area contributed by atoms with Crippen molar-refractivity contribution in [3.05, 3.63) is 28.7 Å². The third-order valence-corrected chi connectivity index (χ3v) is 3.61. The smallest absolute Gasteiger partial charge is 0.250 e. The molecule has 2 atom stereocenters. The summed E-state index contributed by atoms with van der Waals surface area (Å²) in [4.78, 5) is 13.9. The van der Waals surface area contributed by atoms with E-state index in [1.165, 1.54) is 6.07 Å². The van der Waals surface area contributed by atoms with Crippen LogP contribution >= 0.6 is 0 Å². The predicted octanol–water partition coefficient (Wildman–Crippen LogP) is 0.133. The van der Waals surface area contributed by atoms with Gasteiger partial charge in [-0.2, -0.15) is 0 Å². The van der Waals surface area contributed by atoms with Crippen molar-refractivity contribution in [3.63, 3.8) is 0 Å². The Morgan fingerprint density at radius 3 is 2.94 bits per heavy atom. The van der Waals surface area contributed by atoms with Crippen LogP contribution in [0.4, 0.5) is 5.69 Å². The highest BCUT2D eigenvalue weighted by Gasteiger charge is 2.23. The molecule has 18 heavy (non-hydrogen) atoms. The molecule has 0 aromatic carbocycles. The van der Waals surface area contributed by atoms with Crippen molar-refractivity contribution < 1.29 is 5.11 Å². The van der Waals surface area contributed by atoms with Gasteiger partial charge in [0, 0.05) is 44.1 Å². The van der Waals surface area contributed by atoms with E-state index >= 15 is 0 Å². The lowest BCUT2D eigenvalue weighted by molar-refractivity contribution is 0.0338. The Morgan fingerprint density at radius 1 is 1.44 bits per heavy atom. The quantitative estimate of drug-likeness (QED) is 0.801. The maximum Gasteiger partial charge on any atom is 0.250 e. The van der Waals surface area contributed by atoms with E-state index in [-0.39, 0.29) is 11.7 Å². The van der Waals surface area contributed by atoms with Crippen molar-refractivity contribution in [2.45, 2.75) is 26.0 Å². The molecule has 100 valence electrons. The highest BCUT2D eigenvalue weighted by Crippen LogP contribution is 2.16. The first kappa shape index (κ1) is 13.1. The molecule has 1 fully saturated rings. The van der Waals surface area contributed by atoms with Crippen LogP contribution in [0.3, 0.4) is 0 Å². The lowest BCUT2D eigenvalue weighted by Gasteiger charge is -2.34. The zero-order valence-corrected chi connectivity index (χ0v) is 10.7. The lowest BCUT2D eigenvalue weighted by atomic mass is 9.97. The Hall–Kier alpha value is -1.33. The van der Waals surface area contributed by atoms with Gasteiger partial charge in [-0.3, -0.25) is 4.79 Å². The number of piperidine rings is 1. The van der Waals surface area contributed by atoms with Gasteiger partial charge in [0.25, 0.3) is 5.56 Å². The van der Waals surface area contributed by atoms with Crippen molar-refractivity contribution in [1.29, 1.82) is 0 Å². The van der Waals surface area contributed by atoms with Gasteiger partial charge < -0.3 is 20.3 Å². The molecule has 1 aliphatic rings. The number of aliphatic hydroxyl groups is 1. The summed E-state index contributed by atoms with van der Waals surface area (Å²) in [6, 6.07) is 3.12. The second-order valence-corrected chi connectivity index (χ2v) is 5.13. The average Bonchev–Trinajstić information content (AvgIpc) is 2.34. The number of nitrogen functional groups attached to an aromatic ring is 1. The molecule has 0 bridgehead atoms. The van der Waals surface area contributed by atoms with Crippen LogP contribution in [0.15, 0.2) is 23.1 Å². The standard InChI is InChI=1S/C13H21N3O2/c1-10-8-15(5-4-12(10)17)6-7-16-9-11(14)2-3-13(16)18/h2-3,9-10,12,17H,4-8,14H2,1H3. The van der Waals surface area contributed by atoms with Gasteiger partial charge in [0.1, 0.15) is 0 Å². The normalized spacial score (nSPS) is 25.2. The molecule has 3 N–H and O–H groups in total. The molecule has 0 amide bonds. The summed E-state index contributed by atoms with van der Waals surface area (Å²) in [6.45, 7) is 5.30. The maximum absolute atomic E-state index is 11.6. The molecule has 1 saturated heterocycles. The van der Waals surface area contributed by atoms with Crippen molar-refractivity contribution in [1.82, 2.24) is 9.47 Å². The van der Waals surface area contributed by atoms with E-state index in [4.69, 9.17) is 5.73 Å². The number of anilines is 1. The number of pyridine rings is 1. The SMILES string of the molecule is CC1CN(CCn2cc(N)ccc2=O)CCC1O. The van der Waals surface area contributed by atoms with Gasteiger partial charge in [-0.05, 0) is 18.4 Å². The molecule has 2 heterocycles. The van der Waals surface area contributed by atoms with E-state index in [0.29, 0.717) is 18.2 Å². The van der Waals surface area contributed by atoms with Gasteiger partial charge in [0.2, 0.25) is 0 Å². The first-order valence-corrected chi connectivity index (χ1v) is 6.42. The maximum atomic E-state index is 11.6. The van der Waals surface area contributed by atoms with Gasteiger partial charge in [-0.15, -0.1) is 0 Å². The fourth-order valence-corrected chi connectivity index (χ4v) is 2.40. The second kappa shape index (κ2) is 5.54. The van der Waals surface area contributed by atoms with E-state index in [1.807, 2.05) is 0 Å². The summed E-state index contributed by atoms with van der Waals surface area (Å²) in [5.74, 6) is 0.302.